The van der Waals surface area contributed by atoms with Crippen LogP contribution in [0.2, 0.25) is 0 Å². The lowest BCUT2D eigenvalue weighted by molar-refractivity contribution is -0.137. The lowest BCUT2D eigenvalue weighted by atomic mass is 10.8. The molecule has 0 aromatic carbocycles. The average Bonchev–Trinajstić information content (AvgIpc) is 2.52. The second-order valence-corrected chi connectivity index (χ2v) is 2.50. The highest BCUT2D eigenvalue weighted by Gasteiger charge is 2.04. The van der Waals surface area contributed by atoms with E-state index in [1.807, 2.05) is 0 Å². The van der Waals surface area contributed by atoms with E-state index in [1.165, 1.54) is 13.5 Å². The first kappa shape index (κ1) is 8.06. The highest BCUT2D eigenvalue weighted by Crippen LogP contribution is 2.12. The molecule has 0 fully saturated rings. The van der Waals surface area contributed by atoms with Crippen LogP contribution in [0.4, 0.5) is 0 Å². The van der Waals surface area contributed by atoms with Crippen LogP contribution in [0, 0.1) is 0 Å². The van der Waals surface area contributed by atoms with Crippen molar-refractivity contribution in [2.24, 2.45) is 0 Å². The van der Waals surface area contributed by atoms with Crippen molar-refractivity contribution in [1.82, 2.24) is 10.2 Å². The largest absolute Gasteiger partial charge is 0.468 e. The molecule has 60 valence electrons. The van der Waals surface area contributed by atoms with Crippen LogP contribution in [0.3, 0.4) is 0 Å². The summed E-state index contributed by atoms with van der Waals surface area (Å²) >= 11 is 1.14. The zero-order chi connectivity index (χ0) is 8.10. The van der Waals surface area contributed by atoms with Crippen LogP contribution in [0.15, 0.2) is 16.0 Å². The summed E-state index contributed by atoms with van der Waals surface area (Å²) in [5, 5.41) is 7.37. The molecule has 0 aliphatic carbocycles. The molecule has 11 heavy (non-hydrogen) atoms. The lowest BCUT2D eigenvalue weighted by Crippen LogP contribution is -2.02. The lowest BCUT2D eigenvalue weighted by Gasteiger charge is -1.93. The van der Waals surface area contributed by atoms with E-state index in [1.54, 1.807) is 0 Å². The predicted molar refractivity (Wildman–Crippen MR) is 37.0 cm³/mol. The molecule has 0 N–H and O–H groups in total. The third kappa shape index (κ3) is 2.58. The molecule has 1 aromatic rings. The highest BCUT2D eigenvalue weighted by molar-refractivity contribution is 7.99. The Hall–Kier alpha value is -1.04. The Morgan fingerprint density at radius 3 is 3.27 bits per heavy atom. The van der Waals surface area contributed by atoms with Crippen LogP contribution < -0.4 is 0 Å². The van der Waals surface area contributed by atoms with Crippen molar-refractivity contribution in [2.45, 2.75) is 5.22 Å². The quantitative estimate of drug-likeness (QED) is 0.486. The Morgan fingerprint density at radius 2 is 2.73 bits per heavy atom. The molecular formula is C5H6N2O3S. The molecule has 1 rings (SSSR count). The van der Waals surface area contributed by atoms with Crippen molar-refractivity contribution >= 4 is 17.7 Å². The Morgan fingerprint density at radius 1 is 1.91 bits per heavy atom. The SMILES string of the molecule is COC(=O)CSc1nnco1. The van der Waals surface area contributed by atoms with Crippen LogP contribution >= 0.6 is 11.8 Å². The Labute approximate surface area is 67.1 Å². The molecule has 1 aromatic heterocycles. The molecule has 0 atom stereocenters. The van der Waals surface area contributed by atoms with Gasteiger partial charge in [0.15, 0.2) is 0 Å². The standard InChI is InChI=1S/C5H6N2O3S/c1-9-4(8)2-11-5-7-6-3-10-5/h3H,2H2,1H3. The van der Waals surface area contributed by atoms with Crippen molar-refractivity contribution < 1.29 is 13.9 Å². The minimum absolute atomic E-state index is 0.193. The maximum Gasteiger partial charge on any atom is 0.316 e. The maximum atomic E-state index is 10.6. The molecule has 0 saturated heterocycles. The number of carbonyl (C=O) groups excluding carboxylic acids is 1. The molecule has 0 bridgehead atoms. The minimum atomic E-state index is -0.312. The molecule has 0 aliphatic rings. The molecule has 5 nitrogen and oxygen atoms in total. The van der Waals surface area contributed by atoms with E-state index < -0.39 is 0 Å². The molecule has 1 heterocycles. The summed E-state index contributed by atoms with van der Waals surface area (Å²) in [6.45, 7) is 0. The summed E-state index contributed by atoms with van der Waals surface area (Å²) in [5.74, 6) is -0.119. The number of hydrogen-bond acceptors (Lipinski definition) is 6. The molecule has 0 aliphatic heterocycles. The Balaban J connectivity index is 2.29. The zero-order valence-electron chi connectivity index (χ0n) is 5.81. The van der Waals surface area contributed by atoms with Gasteiger partial charge in [0.05, 0.1) is 7.11 Å². The fraction of sp³-hybridized carbons (Fsp3) is 0.400. The molecule has 6 heteroatoms. The van der Waals surface area contributed by atoms with E-state index >= 15 is 0 Å². The van der Waals surface area contributed by atoms with Gasteiger partial charge in [-0.3, -0.25) is 4.79 Å². The summed E-state index contributed by atoms with van der Waals surface area (Å²) in [6, 6.07) is 0. The van der Waals surface area contributed by atoms with E-state index in [4.69, 9.17) is 4.42 Å². The number of hydrogen-bond donors (Lipinski definition) is 0. The van der Waals surface area contributed by atoms with Crippen molar-refractivity contribution in [3.8, 4) is 0 Å². The minimum Gasteiger partial charge on any atom is -0.468 e. The highest BCUT2D eigenvalue weighted by atomic mass is 32.2. The first-order valence-electron chi connectivity index (χ1n) is 2.78. The topological polar surface area (TPSA) is 65.2 Å². The normalized spacial score (nSPS) is 9.55. The van der Waals surface area contributed by atoms with E-state index in [0.29, 0.717) is 5.22 Å². The van der Waals surface area contributed by atoms with E-state index in [-0.39, 0.29) is 11.7 Å². The van der Waals surface area contributed by atoms with Gasteiger partial charge in [-0.05, 0) is 0 Å². The van der Waals surface area contributed by atoms with Gasteiger partial charge in [-0.2, -0.15) is 0 Å². The summed E-state index contributed by atoms with van der Waals surface area (Å²) in [4.78, 5) is 10.6. The van der Waals surface area contributed by atoms with Gasteiger partial charge in [0.1, 0.15) is 5.75 Å². The van der Waals surface area contributed by atoms with Crippen LogP contribution in [-0.4, -0.2) is 29.0 Å². The van der Waals surface area contributed by atoms with Crippen LogP contribution in [0.25, 0.3) is 0 Å². The Bertz CT molecular complexity index is 224. The van der Waals surface area contributed by atoms with Crippen molar-refractivity contribution in [1.29, 1.82) is 0 Å². The number of methoxy groups -OCH3 is 1. The molecule has 0 radical (unpaired) electrons. The molecule has 0 spiro atoms. The first-order chi connectivity index (χ1) is 5.33. The second kappa shape index (κ2) is 3.97. The van der Waals surface area contributed by atoms with Gasteiger partial charge in [-0.1, -0.05) is 11.8 Å². The second-order valence-electron chi connectivity index (χ2n) is 1.57. The monoisotopic (exact) mass is 174 g/mol. The van der Waals surface area contributed by atoms with Gasteiger partial charge in [0, 0.05) is 0 Å². The third-order valence-electron chi connectivity index (χ3n) is 0.881. The predicted octanol–water partition coefficient (Wildman–Crippen LogP) is 0.335. The summed E-state index contributed by atoms with van der Waals surface area (Å²) in [5.41, 5.74) is 0. The number of nitrogens with zero attached hydrogens (tertiary/aromatic N) is 2. The average molecular weight is 174 g/mol. The van der Waals surface area contributed by atoms with Crippen LogP contribution in [0.5, 0.6) is 0 Å². The summed E-state index contributed by atoms with van der Waals surface area (Å²) in [6.07, 6.45) is 1.21. The van der Waals surface area contributed by atoms with Gasteiger partial charge in [0.25, 0.3) is 5.22 Å². The first-order valence-corrected chi connectivity index (χ1v) is 3.77. The number of rotatable bonds is 3. The van der Waals surface area contributed by atoms with E-state index in [0.717, 1.165) is 11.8 Å². The maximum absolute atomic E-state index is 10.6. The zero-order valence-corrected chi connectivity index (χ0v) is 6.63. The number of carbonyl (C=O) groups is 1. The summed E-state index contributed by atoms with van der Waals surface area (Å²) < 4.78 is 9.16. The molecule has 0 saturated carbocycles. The van der Waals surface area contributed by atoms with Crippen LogP contribution in [-0.2, 0) is 9.53 Å². The van der Waals surface area contributed by atoms with Crippen molar-refractivity contribution in [2.75, 3.05) is 12.9 Å². The van der Waals surface area contributed by atoms with Crippen molar-refractivity contribution in [3.05, 3.63) is 6.39 Å². The van der Waals surface area contributed by atoms with E-state index in [9.17, 15) is 4.79 Å². The molecule has 0 amide bonds. The van der Waals surface area contributed by atoms with Gasteiger partial charge < -0.3 is 9.15 Å². The van der Waals surface area contributed by atoms with E-state index in [2.05, 4.69) is 14.9 Å². The number of thioether (sulfide) groups is 1. The summed E-state index contributed by atoms with van der Waals surface area (Å²) in [7, 11) is 1.33. The number of ether oxygens (including phenoxy) is 1. The van der Waals surface area contributed by atoms with Gasteiger partial charge in [0.2, 0.25) is 6.39 Å². The fourth-order valence-electron chi connectivity index (χ4n) is 0.405. The fourth-order valence-corrected chi connectivity index (χ4v) is 0.981. The van der Waals surface area contributed by atoms with Crippen molar-refractivity contribution in [3.63, 3.8) is 0 Å². The number of aromatic nitrogens is 2. The van der Waals surface area contributed by atoms with Gasteiger partial charge in [-0.25, -0.2) is 0 Å². The molecular weight excluding hydrogens is 168 g/mol. The Kier molecular flexibility index (Phi) is 2.91. The third-order valence-corrected chi connectivity index (χ3v) is 1.69. The van der Waals surface area contributed by atoms with Gasteiger partial charge >= 0.3 is 5.97 Å². The number of esters is 1. The van der Waals surface area contributed by atoms with Gasteiger partial charge in [-0.15, -0.1) is 10.2 Å². The molecule has 0 unspecified atom stereocenters. The smallest absolute Gasteiger partial charge is 0.316 e. The van der Waals surface area contributed by atoms with Crippen LogP contribution in [0.1, 0.15) is 0 Å².